The van der Waals surface area contributed by atoms with Gasteiger partial charge in [0.1, 0.15) is 5.52 Å². The van der Waals surface area contributed by atoms with E-state index in [1.165, 1.54) is 4.70 Å². The number of rotatable bonds is 2. The van der Waals surface area contributed by atoms with E-state index in [9.17, 15) is 0 Å². The zero-order valence-corrected chi connectivity index (χ0v) is 11.0. The van der Waals surface area contributed by atoms with E-state index in [2.05, 4.69) is 22.2 Å². The monoisotopic (exact) mass is 268 g/mol. The molecule has 0 unspecified atom stereocenters. The summed E-state index contributed by atoms with van der Waals surface area (Å²) in [6, 6.07) is 4.20. The van der Waals surface area contributed by atoms with Gasteiger partial charge in [-0.25, -0.2) is 4.98 Å². The van der Waals surface area contributed by atoms with Crippen LogP contribution in [0.15, 0.2) is 18.3 Å². The van der Waals surface area contributed by atoms with E-state index in [1.807, 2.05) is 17.8 Å². The molecule has 90 valence electrons. The first kappa shape index (κ1) is 12.3. The van der Waals surface area contributed by atoms with Crippen molar-refractivity contribution in [2.24, 2.45) is 5.73 Å². The van der Waals surface area contributed by atoms with E-state index >= 15 is 0 Å². The SMILES string of the molecule is Cc1nc2c(ccc3cnn(CCN)c32)s1.Cl. The molecule has 0 bridgehead atoms. The smallest absolute Gasteiger partial charge is 0.107 e. The van der Waals surface area contributed by atoms with Gasteiger partial charge in [-0.05, 0) is 19.1 Å². The fourth-order valence-electron chi connectivity index (χ4n) is 1.96. The first-order valence-electron chi connectivity index (χ1n) is 5.21. The van der Waals surface area contributed by atoms with Crippen LogP contribution in [0.2, 0.25) is 0 Å². The van der Waals surface area contributed by atoms with E-state index in [-0.39, 0.29) is 12.4 Å². The molecular weight excluding hydrogens is 256 g/mol. The normalized spacial score (nSPS) is 10.9. The Labute approximate surface area is 109 Å². The summed E-state index contributed by atoms with van der Waals surface area (Å²) in [5.74, 6) is 0. The van der Waals surface area contributed by atoms with Gasteiger partial charge in [0, 0.05) is 11.9 Å². The van der Waals surface area contributed by atoms with Crippen molar-refractivity contribution in [3.8, 4) is 0 Å². The van der Waals surface area contributed by atoms with E-state index in [0.29, 0.717) is 6.54 Å². The zero-order valence-electron chi connectivity index (χ0n) is 9.38. The Morgan fingerprint density at radius 1 is 1.41 bits per heavy atom. The molecule has 0 fully saturated rings. The lowest BCUT2D eigenvalue weighted by Gasteiger charge is -2.00. The van der Waals surface area contributed by atoms with Crippen LogP contribution in [0, 0.1) is 6.92 Å². The molecule has 2 aromatic heterocycles. The Morgan fingerprint density at radius 3 is 3.00 bits per heavy atom. The minimum Gasteiger partial charge on any atom is -0.329 e. The highest BCUT2D eigenvalue weighted by molar-refractivity contribution is 7.18. The number of thiazole rings is 1. The highest BCUT2D eigenvalue weighted by atomic mass is 35.5. The molecule has 6 heteroatoms. The topological polar surface area (TPSA) is 56.7 Å². The van der Waals surface area contributed by atoms with Gasteiger partial charge in [-0.1, -0.05) is 0 Å². The minimum absolute atomic E-state index is 0. The van der Waals surface area contributed by atoms with Crippen LogP contribution >= 0.6 is 23.7 Å². The molecule has 1 aromatic carbocycles. The highest BCUT2D eigenvalue weighted by Crippen LogP contribution is 2.28. The number of nitrogens with zero attached hydrogens (tertiary/aromatic N) is 3. The van der Waals surface area contributed by atoms with Crippen molar-refractivity contribution >= 4 is 44.9 Å². The number of hydrogen-bond acceptors (Lipinski definition) is 4. The number of nitrogens with two attached hydrogens (primary N) is 1. The number of benzene rings is 1. The molecule has 0 saturated heterocycles. The van der Waals surface area contributed by atoms with Crippen molar-refractivity contribution in [2.45, 2.75) is 13.5 Å². The van der Waals surface area contributed by atoms with Crippen molar-refractivity contribution in [1.82, 2.24) is 14.8 Å². The molecule has 4 nitrogen and oxygen atoms in total. The van der Waals surface area contributed by atoms with Gasteiger partial charge in [0.05, 0.1) is 28.0 Å². The lowest BCUT2D eigenvalue weighted by Crippen LogP contribution is -2.10. The summed E-state index contributed by atoms with van der Waals surface area (Å²) >= 11 is 1.71. The van der Waals surface area contributed by atoms with Gasteiger partial charge in [-0.15, -0.1) is 23.7 Å². The minimum atomic E-state index is 0. The summed E-state index contributed by atoms with van der Waals surface area (Å²) in [7, 11) is 0. The van der Waals surface area contributed by atoms with Crippen molar-refractivity contribution in [3.63, 3.8) is 0 Å². The maximum absolute atomic E-state index is 5.58. The molecular formula is C11H13ClN4S. The summed E-state index contributed by atoms with van der Waals surface area (Å²) < 4.78 is 3.15. The zero-order chi connectivity index (χ0) is 11.1. The molecule has 0 aliphatic rings. The van der Waals surface area contributed by atoms with E-state index in [0.717, 1.165) is 28.0 Å². The largest absolute Gasteiger partial charge is 0.329 e. The molecule has 0 atom stereocenters. The number of halogens is 1. The van der Waals surface area contributed by atoms with E-state index < -0.39 is 0 Å². The molecule has 0 saturated carbocycles. The third-order valence-electron chi connectivity index (χ3n) is 2.61. The molecule has 2 heterocycles. The highest BCUT2D eigenvalue weighted by Gasteiger charge is 2.10. The molecule has 0 aliphatic heterocycles. The fourth-order valence-corrected chi connectivity index (χ4v) is 2.79. The maximum atomic E-state index is 5.58. The average molecular weight is 269 g/mol. The second-order valence-electron chi connectivity index (χ2n) is 3.74. The van der Waals surface area contributed by atoms with Crippen LogP contribution in [0.1, 0.15) is 5.01 Å². The first-order chi connectivity index (χ1) is 7.79. The van der Waals surface area contributed by atoms with Crippen LogP contribution in [0.4, 0.5) is 0 Å². The van der Waals surface area contributed by atoms with Crippen LogP contribution in [-0.2, 0) is 6.54 Å². The lowest BCUT2D eigenvalue weighted by atomic mass is 10.2. The van der Waals surface area contributed by atoms with Crippen LogP contribution < -0.4 is 5.73 Å². The van der Waals surface area contributed by atoms with Crippen LogP contribution in [-0.4, -0.2) is 21.3 Å². The standard InChI is InChI=1S/C11H12N4S.ClH/c1-7-14-10-9(16-7)3-2-8-6-13-15(5-4-12)11(8)10;/h2-3,6H,4-5,12H2,1H3;1H. The molecule has 3 aromatic rings. The summed E-state index contributed by atoms with van der Waals surface area (Å²) in [6.45, 7) is 3.36. The lowest BCUT2D eigenvalue weighted by molar-refractivity contribution is 0.647. The Morgan fingerprint density at radius 2 is 2.24 bits per heavy atom. The van der Waals surface area contributed by atoms with Gasteiger partial charge in [-0.3, -0.25) is 4.68 Å². The summed E-state index contributed by atoms with van der Waals surface area (Å²) in [5, 5.41) is 6.56. The van der Waals surface area contributed by atoms with Crippen molar-refractivity contribution in [3.05, 3.63) is 23.3 Å². The van der Waals surface area contributed by atoms with E-state index in [1.54, 1.807) is 11.3 Å². The van der Waals surface area contributed by atoms with Gasteiger partial charge >= 0.3 is 0 Å². The van der Waals surface area contributed by atoms with E-state index in [4.69, 9.17) is 5.73 Å². The Hall–Kier alpha value is -1.17. The molecule has 3 rings (SSSR count). The predicted molar refractivity (Wildman–Crippen MR) is 74.0 cm³/mol. The van der Waals surface area contributed by atoms with Gasteiger partial charge in [0.25, 0.3) is 0 Å². The summed E-state index contributed by atoms with van der Waals surface area (Å²) in [5.41, 5.74) is 7.73. The molecule has 2 N–H and O–H groups in total. The first-order valence-corrected chi connectivity index (χ1v) is 6.03. The van der Waals surface area contributed by atoms with Gasteiger partial charge < -0.3 is 5.73 Å². The summed E-state index contributed by atoms with van der Waals surface area (Å²) in [6.07, 6.45) is 1.87. The number of hydrogen-bond donors (Lipinski definition) is 1. The number of aromatic nitrogens is 3. The van der Waals surface area contributed by atoms with Crippen molar-refractivity contribution < 1.29 is 0 Å². The molecule has 17 heavy (non-hydrogen) atoms. The second-order valence-corrected chi connectivity index (χ2v) is 4.97. The molecule has 0 radical (unpaired) electrons. The number of aryl methyl sites for hydroxylation is 1. The van der Waals surface area contributed by atoms with Crippen LogP contribution in [0.25, 0.3) is 21.1 Å². The van der Waals surface area contributed by atoms with Crippen molar-refractivity contribution in [1.29, 1.82) is 0 Å². The Balaban J connectivity index is 0.00000108. The maximum Gasteiger partial charge on any atom is 0.107 e. The quantitative estimate of drug-likeness (QED) is 0.776. The fraction of sp³-hybridized carbons (Fsp3) is 0.273. The Bertz CT molecular complexity index is 658. The van der Waals surface area contributed by atoms with Crippen molar-refractivity contribution in [2.75, 3.05) is 6.54 Å². The summed E-state index contributed by atoms with van der Waals surface area (Å²) in [4.78, 5) is 4.57. The van der Waals surface area contributed by atoms with Crippen LogP contribution in [0.3, 0.4) is 0 Å². The molecule has 0 amide bonds. The predicted octanol–water partition coefficient (Wildman–Crippen LogP) is 2.33. The third kappa shape index (κ3) is 1.90. The average Bonchev–Trinajstić information content (AvgIpc) is 2.81. The van der Waals surface area contributed by atoms with Crippen LogP contribution in [0.5, 0.6) is 0 Å². The van der Waals surface area contributed by atoms with Gasteiger partial charge in [-0.2, -0.15) is 5.10 Å². The van der Waals surface area contributed by atoms with Gasteiger partial charge in [0.2, 0.25) is 0 Å². The third-order valence-corrected chi connectivity index (χ3v) is 3.54. The number of fused-ring (bicyclic) bond motifs is 3. The molecule has 0 aliphatic carbocycles. The molecule has 0 spiro atoms. The second kappa shape index (κ2) is 4.60. The Kier molecular flexibility index (Phi) is 3.33. The van der Waals surface area contributed by atoms with Gasteiger partial charge in [0.15, 0.2) is 0 Å².